The third-order valence-corrected chi connectivity index (χ3v) is 4.84. The number of hydrogen-bond acceptors (Lipinski definition) is 7. The van der Waals surface area contributed by atoms with E-state index in [1.807, 2.05) is 30.3 Å². The van der Waals surface area contributed by atoms with Crippen molar-refractivity contribution in [3.05, 3.63) is 48.7 Å². The summed E-state index contributed by atoms with van der Waals surface area (Å²) < 4.78 is 5.53. The maximum absolute atomic E-state index is 5.53. The highest BCUT2D eigenvalue weighted by Gasteiger charge is 2.30. The lowest BCUT2D eigenvalue weighted by atomic mass is 10.1. The maximum Gasteiger partial charge on any atom is 0.230 e. The average Bonchev–Trinajstić information content (AvgIpc) is 3.43. The highest BCUT2D eigenvalue weighted by molar-refractivity contribution is 5.85. The van der Waals surface area contributed by atoms with Gasteiger partial charge in [0.1, 0.15) is 12.1 Å². The molecule has 0 radical (unpaired) electrons. The van der Waals surface area contributed by atoms with Gasteiger partial charge in [-0.25, -0.2) is 9.97 Å². The smallest absolute Gasteiger partial charge is 0.230 e. The molecule has 0 spiro atoms. The van der Waals surface area contributed by atoms with Gasteiger partial charge < -0.3 is 9.84 Å². The second-order valence-electron chi connectivity index (χ2n) is 6.53. The molecule has 26 heavy (non-hydrogen) atoms. The molecule has 1 aliphatic rings. The number of aromatic nitrogens is 6. The molecule has 1 saturated carbocycles. The Hall–Kier alpha value is -3.29. The van der Waals surface area contributed by atoms with E-state index >= 15 is 0 Å². The van der Waals surface area contributed by atoms with Gasteiger partial charge in [-0.1, -0.05) is 35.5 Å². The van der Waals surface area contributed by atoms with E-state index in [0.717, 1.165) is 41.7 Å². The van der Waals surface area contributed by atoms with E-state index in [2.05, 4.69) is 35.6 Å². The van der Waals surface area contributed by atoms with Crippen molar-refractivity contribution in [2.45, 2.75) is 31.2 Å². The number of anilines is 1. The Balaban J connectivity index is 1.30. The second kappa shape index (κ2) is 6.21. The van der Waals surface area contributed by atoms with Gasteiger partial charge in [0.15, 0.2) is 5.65 Å². The summed E-state index contributed by atoms with van der Waals surface area (Å²) in [6.45, 7) is 0. The maximum atomic E-state index is 5.53. The molecule has 5 rings (SSSR count). The van der Waals surface area contributed by atoms with Gasteiger partial charge in [0, 0.05) is 17.5 Å². The van der Waals surface area contributed by atoms with Crippen molar-refractivity contribution in [1.29, 1.82) is 0 Å². The van der Waals surface area contributed by atoms with Gasteiger partial charge in [-0.2, -0.15) is 10.1 Å². The van der Waals surface area contributed by atoms with E-state index in [9.17, 15) is 0 Å². The van der Waals surface area contributed by atoms with Gasteiger partial charge in [-0.15, -0.1) is 0 Å². The zero-order chi connectivity index (χ0) is 17.3. The van der Waals surface area contributed by atoms with E-state index < -0.39 is 0 Å². The molecule has 4 aromatic rings. The fourth-order valence-corrected chi connectivity index (χ4v) is 3.52. The minimum Gasteiger partial charge on any atom is -0.367 e. The van der Waals surface area contributed by atoms with Crippen molar-refractivity contribution >= 4 is 16.9 Å². The predicted octanol–water partition coefficient (Wildman–Crippen LogP) is 3.15. The van der Waals surface area contributed by atoms with Crippen molar-refractivity contribution in [2.75, 3.05) is 5.32 Å². The zero-order valence-corrected chi connectivity index (χ0v) is 14.0. The summed E-state index contributed by atoms with van der Waals surface area (Å²) >= 11 is 0. The van der Waals surface area contributed by atoms with E-state index in [4.69, 9.17) is 4.52 Å². The van der Waals surface area contributed by atoms with Crippen LogP contribution < -0.4 is 5.32 Å². The van der Waals surface area contributed by atoms with Crippen LogP contribution in [0.4, 0.5) is 5.82 Å². The fourth-order valence-electron chi connectivity index (χ4n) is 3.52. The Labute approximate surface area is 149 Å². The van der Waals surface area contributed by atoms with Crippen LogP contribution in [0, 0.1) is 0 Å². The van der Waals surface area contributed by atoms with Crippen LogP contribution in [0.1, 0.15) is 31.1 Å². The molecule has 3 heterocycles. The van der Waals surface area contributed by atoms with Crippen LogP contribution in [-0.4, -0.2) is 36.3 Å². The Morgan fingerprint density at radius 1 is 1.12 bits per heavy atom. The number of fused-ring (bicyclic) bond motifs is 1. The predicted molar refractivity (Wildman–Crippen MR) is 95.4 cm³/mol. The summed E-state index contributed by atoms with van der Waals surface area (Å²) in [5, 5.41) is 15.4. The van der Waals surface area contributed by atoms with Crippen LogP contribution in [0.25, 0.3) is 22.4 Å². The lowest BCUT2D eigenvalue weighted by molar-refractivity contribution is 0.354. The van der Waals surface area contributed by atoms with Crippen molar-refractivity contribution in [1.82, 2.24) is 30.3 Å². The van der Waals surface area contributed by atoms with Crippen LogP contribution >= 0.6 is 0 Å². The highest BCUT2D eigenvalue weighted by atomic mass is 16.5. The van der Waals surface area contributed by atoms with Gasteiger partial charge in [0.2, 0.25) is 11.7 Å². The zero-order valence-electron chi connectivity index (χ0n) is 14.0. The lowest BCUT2D eigenvalue weighted by Crippen LogP contribution is -2.16. The molecule has 0 amide bonds. The third kappa shape index (κ3) is 2.69. The molecule has 1 aliphatic carbocycles. The van der Waals surface area contributed by atoms with Crippen molar-refractivity contribution in [2.24, 2.45) is 0 Å². The summed E-state index contributed by atoms with van der Waals surface area (Å²) in [5.74, 6) is 2.43. The van der Waals surface area contributed by atoms with Gasteiger partial charge in [0.25, 0.3) is 0 Å². The summed E-state index contributed by atoms with van der Waals surface area (Å²) in [4.78, 5) is 13.1. The monoisotopic (exact) mass is 347 g/mol. The molecular weight excluding hydrogens is 330 g/mol. The molecule has 3 aromatic heterocycles. The Morgan fingerprint density at radius 3 is 2.96 bits per heavy atom. The molecular formula is C18H17N7O. The number of rotatable bonds is 4. The van der Waals surface area contributed by atoms with E-state index in [1.54, 1.807) is 12.5 Å². The second-order valence-corrected chi connectivity index (χ2v) is 6.53. The normalized spacial score (nSPS) is 19.8. The summed E-state index contributed by atoms with van der Waals surface area (Å²) in [6.07, 6.45) is 6.25. The van der Waals surface area contributed by atoms with Crippen LogP contribution in [0.3, 0.4) is 0 Å². The van der Waals surface area contributed by atoms with Crippen molar-refractivity contribution < 1.29 is 4.52 Å². The molecule has 2 N–H and O–H groups in total. The molecule has 0 unspecified atom stereocenters. The SMILES string of the molecule is c1ccc(-c2noc([C@@H]3CC[C@H](Nc4ncnc5[nH]ncc45)C3)n2)cc1. The van der Waals surface area contributed by atoms with Crippen molar-refractivity contribution in [3.8, 4) is 11.4 Å². The quantitative estimate of drug-likeness (QED) is 0.584. The number of nitrogens with one attached hydrogen (secondary N) is 2. The Kier molecular flexibility index (Phi) is 3.59. The van der Waals surface area contributed by atoms with Gasteiger partial charge in [-0.3, -0.25) is 5.10 Å². The first kappa shape index (κ1) is 15.0. The van der Waals surface area contributed by atoms with Crippen LogP contribution in [-0.2, 0) is 0 Å². The average molecular weight is 347 g/mol. The first-order chi connectivity index (χ1) is 12.9. The van der Waals surface area contributed by atoms with Crippen LogP contribution in [0.2, 0.25) is 0 Å². The first-order valence-electron chi connectivity index (χ1n) is 8.66. The molecule has 0 aliphatic heterocycles. The molecule has 0 saturated heterocycles. The highest BCUT2D eigenvalue weighted by Crippen LogP contribution is 2.36. The molecule has 8 heteroatoms. The van der Waals surface area contributed by atoms with Gasteiger partial charge >= 0.3 is 0 Å². The topological polar surface area (TPSA) is 105 Å². The minimum absolute atomic E-state index is 0.263. The molecule has 0 bridgehead atoms. The van der Waals surface area contributed by atoms with E-state index in [1.165, 1.54) is 0 Å². The molecule has 1 aromatic carbocycles. The number of benzene rings is 1. The summed E-state index contributed by atoms with van der Waals surface area (Å²) in [5.41, 5.74) is 1.71. The number of aromatic amines is 1. The largest absolute Gasteiger partial charge is 0.367 e. The Bertz CT molecular complexity index is 1030. The third-order valence-electron chi connectivity index (χ3n) is 4.84. The number of H-pyrrole nitrogens is 1. The number of nitrogens with zero attached hydrogens (tertiary/aromatic N) is 5. The first-order valence-corrected chi connectivity index (χ1v) is 8.66. The summed E-state index contributed by atoms with van der Waals surface area (Å²) in [6, 6.07) is 10.2. The minimum atomic E-state index is 0.263. The van der Waals surface area contributed by atoms with Gasteiger partial charge in [0.05, 0.1) is 11.6 Å². The Morgan fingerprint density at radius 2 is 2.04 bits per heavy atom. The molecule has 130 valence electrons. The summed E-state index contributed by atoms with van der Waals surface area (Å²) in [7, 11) is 0. The molecule has 8 nitrogen and oxygen atoms in total. The molecule has 2 atom stereocenters. The van der Waals surface area contributed by atoms with Crippen LogP contribution in [0.5, 0.6) is 0 Å². The number of hydrogen-bond donors (Lipinski definition) is 2. The standard InChI is InChI=1S/C18H17N7O/c1-2-4-11(5-3-1)15-23-18(26-25-15)12-6-7-13(8-12)22-16-14-9-21-24-17(14)20-10-19-16/h1-5,9-10,12-13H,6-8H2,(H2,19,20,21,22,24)/t12-,13+/m1/s1. The van der Waals surface area contributed by atoms with Gasteiger partial charge in [-0.05, 0) is 19.3 Å². The van der Waals surface area contributed by atoms with Crippen LogP contribution in [0.15, 0.2) is 47.4 Å². The molecule has 1 fully saturated rings. The van der Waals surface area contributed by atoms with E-state index in [0.29, 0.717) is 17.8 Å². The van der Waals surface area contributed by atoms with E-state index in [-0.39, 0.29) is 5.92 Å². The van der Waals surface area contributed by atoms with Crippen molar-refractivity contribution in [3.63, 3.8) is 0 Å². The fraction of sp³-hybridized carbons (Fsp3) is 0.278. The lowest BCUT2D eigenvalue weighted by Gasteiger charge is -2.13.